The normalized spacial score (nSPS) is 20.2. The average Bonchev–Trinajstić information content (AvgIpc) is 1.07. The molecule has 0 N–H and O–H groups in total. The van der Waals surface area contributed by atoms with Crippen molar-refractivity contribution in [3.63, 3.8) is 0 Å². The summed E-state index contributed by atoms with van der Waals surface area (Å²) in [5.74, 6) is 5.93. The molecule has 0 radical (unpaired) electrons. The van der Waals surface area contributed by atoms with Crippen LogP contribution in [0, 0.1) is 57.8 Å². The average molecular weight is 1690 g/mol. The number of ether oxygens (including phenoxy) is 16. The summed E-state index contributed by atoms with van der Waals surface area (Å²) < 4.78 is 91.1. The van der Waals surface area contributed by atoms with Crippen molar-refractivity contribution in [3.8, 4) is 40.2 Å². The van der Waals surface area contributed by atoms with Gasteiger partial charge in [0.25, 0.3) is 0 Å². The molecule has 20 heteroatoms. The highest BCUT2D eigenvalue weighted by Gasteiger charge is 2.62. The lowest BCUT2D eigenvalue weighted by atomic mass is 9.48. The van der Waals surface area contributed by atoms with E-state index in [0.717, 1.165) is 133 Å². The fourth-order valence-electron chi connectivity index (χ4n) is 18.2. The molecule has 123 heavy (non-hydrogen) atoms. The number of hydrogen-bond acceptors (Lipinski definition) is 20. The first-order valence-corrected chi connectivity index (χ1v) is 45.0. The standard InChI is InChI=1S/C31H44O7.C28H32O7.C17H26O2.C15H22O2.C12H10O2/c1-4-30(11-5-6-12-30)38-27(32)20-36-31-18-24-15-25(19-31)17-29(16-24,21-31)28(33)35-14-13-34-23(3)37-26-9-7-22(2)8-10-26;1-19-6-11-24(12-7-19)34-20(2)31-14-15-32-27(30)23-9-8-22-17-25(13-10-21(22)16-23)33-18-26(29)35-28(3,4)5;1-3-18-17(13-15-7-5-4-6-8-15)19-16-11-9-14(2)10-12-16;1-12-8-10-15(11-9-12)17-13(2)16-14-6-4-3-5-7-14;1-8-6-11-12(14-7-13-11)10-5-3-2-4-9(8)10/h7-10,23-25H,4-6,11-21H2,1-3H3;6-13,16-17,20H,14-15,18H2,1-5H3;9-12,15,17H,3-8,13H2,1-2H3;8-11,13-14H,3-7H2,1-2H3;2-6H,7H2,1H3. The number of carbonyl (C=O) groups is 4. The molecule has 0 aromatic heterocycles. The zero-order valence-electron chi connectivity index (χ0n) is 75.1. The van der Waals surface area contributed by atoms with Gasteiger partial charge in [0.15, 0.2) is 43.3 Å². The Kier molecular flexibility index (Phi) is 35.2. The van der Waals surface area contributed by atoms with Gasteiger partial charge in [-0.2, -0.15) is 0 Å². The second-order valence-electron chi connectivity index (χ2n) is 35.5. The van der Waals surface area contributed by atoms with Crippen LogP contribution in [0.1, 0.15) is 235 Å². The number of fused-ring (bicyclic) bond motifs is 4. The maximum Gasteiger partial charge on any atom is 0.344 e. The molecule has 4 bridgehead atoms. The number of hydrogen-bond donors (Lipinski definition) is 0. The van der Waals surface area contributed by atoms with Gasteiger partial charge in [-0.1, -0.05) is 165 Å². The van der Waals surface area contributed by atoms with Crippen LogP contribution in [0.25, 0.3) is 21.5 Å². The minimum Gasteiger partial charge on any atom is -0.482 e. The molecule has 6 unspecified atom stereocenters. The fourth-order valence-corrected chi connectivity index (χ4v) is 18.2. The molecule has 0 spiro atoms. The monoisotopic (exact) mass is 1690 g/mol. The number of rotatable bonds is 32. The molecule has 8 aromatic carbocycles. The van der Waals surface area contributed by atoms with Crippen LogP contribution in [0.5, 0.6) is 40.2 Å². The van der Waals surface area contributed by atoms with Crippen molar-refractivity contribution in [3.05, 3.63) is 197 Å². The van der Waals surface area contributed by atoms with Crippen LogP contribution >= 0.6 is 0 Å². The molecule has 1 aliphatic heterocycles. The van der Waals surface area contributed by atoms with Crippen molar-refractivity contribution in [1.29, 1.82) is 0 Å². The molecule has 666 valence electrons. The number of aryl methyl sites for hydroxylation is 5. The SMILES string of the molecule is CCC1(OC(=O)COC23CC4CC(C2)CC(C(=O)OCCOC(C)Oc2ccc(C)cc2)(C4)C3)CCCC1.CCOC(CC1CCCCC1)Oc1ccc(C)cc1.Cc1cc2c(c3ccccc13)OCO2.Cc1ccc(OC(C)OC2CCCCC2)cc1.Cc1ccc(OC(C)OCCOC(=O)c2ccc3cc(OCC(=O)OC(C)(C)C)ccc3c2)cc1. The molecule has 0 saturated heterocycles. The van der Waals surface area contributed by atoms with Crippen molar-refractivity contribution in [1.82, 2.24) is 0 Å². The van der Waals surface area contributed by atoms with Crippen LogP contribution in [0.3, 0.4) is 0 Å². The zero-order valence-corrected chi connectivity index (χ0v) is 75.1. The van der Waals surface area contributed by atoms with Crippen LogP contribution in [-0.4, -0.2) is 125 Å². The Hall–Kier alpha value is -9.44. The first-order valence-electron chi connectivity index (χ1n) is 45.0. The summed E-state index contributed by atoms with van der Waals surface area (Å²) in [6, 6.07) is 52.7. The van der Waals surface area contributed by atoms with Gasteiger partial charge in [-0.3, -0.25) is 4.79 Å². The Bertz CT molecular complexity index is 4580. The van der Waals surface area contributed by atoms with E-state index < -0.39 is 41.1 Å². The Morgan fingerprint density at radius 2 is 1.02 bits per heavy atom. The third-order valence-electron chi connectivity index (χ3n) is 24.0. The predicted molar refractivity (Wildman–Crippen MR) is 477 cm³/mol. The first kappa shape index (κ1) is 94.2. The van der Waals surface area contributed by atoms with Crippen molar-refractivity contribution >= 4 is 45.4 Å². The molecule has 8 aromatic rings. The van der Waals surface area contributed by atoms with E-state index >= 15 is 0 Å². The smallest absolute Gasteiger partial charge is 0.344 e. The Morgan fingerprint density at radius 1 is 0.504 bits per heavy atom. The predicted octanol–water partition coefficient (Wildman–Crippen LogP) is 23.0. The topological polar surface area (TPSA) is 216 Å². The van der Waals surface area contributed by atoms with Crippen molar-refractivity contribution in [2.24, 2.45) is 23.2 Å². The van der Waals surface area contributed by atoms with Gasteiger partial charge in [-0.15, -0.1) is 0 Å². The third-order valence-corrected chi connectivity index (χ3v) is 24.0. The lowest BCUT2D eigenvalue weighted by Gasteiger charge is -2.60. The first-order chi connectivity index (χ1) is 59.2. The van der Waals surface area contributed by atoms with Gasteiger partial charge < -0.3 is 75.8 Å². The summed E-state index contributed by atoms with van der Waals surface area (Å²) in [4.78, 5) is 50.4. The highest BCUT2D eigenvalue weighted by Crippen LogP contribution is 2.63. The van der Waals surface area contributed by atoms with Gasteiger partial charge in [0.05, 0.1) is 35.9 Å². The van der Waals surface area contributed by atoms with E-state index in [0.29, 0.717) is 49.1 Å². The minimum absolute atomic E-state index is 0.0287. The number of benzene rings is 8. The van der Waals surface area contributed by atoms with E-state index in [-0.39, 0.29) is 69.8 Å². The summed E-state index contributed by atoms with van der Waals surface area (Å²) in [5, 5.41) is 4.09. The van der Waals surface area contributed by atoms with Gasteiger partial charge in [0.2, 0.25) is 6.79 Å². The number of esters is 4. The van der Waals surface area contributed by atoms with Gasteiger partial charge >= 0.3 is 23.9 Å². The number of carbonyl (C=O) groups excluding carboxylic acids is 4. The second-order valence-corrected chi connectivity index (χ2v) is 35.5. The summed E-state index contributed by atoms with van der Waals surface area (Å²) in [7, 11) is 0. The quantitative estimate of drug-likeness (QED) is 0.0166. The molecule has 6 atom stereocenters. The van der Waals surface area contributed by atoms with E-state index in [4.69, 9.17) is 75.8 Å². The van der Waals surface area contributed by atoms with Crippen molar-refractivity contribution < 1.29 is 95.0 Å². The van der Waals surface area contributed by atoms with E-state index in [9.17, 15) is 19.2 Å². The lowest BCUT2D eigenvalue weighted by molar-refractivity contribution is -0.217. The molecule has 0 amide bonds. The van der Waals surface area contributed by atoms with Gasteiger partial charge in [-0.25, -0.2) is 14.4 Å². The lowest BCUT2D eigenvalue weighted by Crippen LogP contribution is -2.60. The summed E-state index contributed by atoms with van der Waals surface area (Å²) >= 11 is 0. The Labute approximate surface area is 729 Å². The molecular weight excluding hydrogens is 1560 g/mol. The van der Waals surface area contributed by atoms with Crippen LogP contribution in [-0.2, 0) is 57.0 Å². The maximum atomic E-state index is 13.4. The fraction of sp³-hybridized carbons (Fsp3) is 0.534. The van der Waals surface area contributed by atoms with Crippen LogP contribution in [0.15, 0.2) is 164 Å². The maximum absolute atomic E-state index is 13.4. The summed E-state index contributed by atoms with van der Waals surface area (Å²) in [5.41, 5.74) is 4.67. The third kappa shape index (κ3) is 29.6. The van der Waals surface area contributed by atoms with Crippen LogP contribution in [0.4, 0.5) is 0 Å². The molecule has 8 aliphatic rings. The molecular formula is C103H134O20. The molecule has 20 nitrogen and oxygen atoms in total. The second kappa shape index (κ2) is 46.0. The van der Waals surface area contributed by atoms with Crippen LogP contribution < -0.4 is 33.2 Å². The van der Waals surface area contributed by atoms with Crippen LogP contribution in [0.2, 0.25) is 0 Å². The van der Waals surface area contributed by atoms with Gasteiger partial charge in [0, 0.05) is 18.4 Å². The zero-order chi connectivity index (χ0) is 87.4. The van der Waals surface area contributed by atoms with E-state index in [1.54, 1.807) is 58.0 Å². The van der Waals surface area contributed by atoms with E-state index in [2.05, 4.69) is 64.1 Å². The minimum atomic E-state index is -0.561. The molecule has 7 aliphatic carbocycles. The van der Waals surface area contributed by atoms with Gasteiger partial charge in [-0.05, 0) is 285 Å². The molecule has 7 saturated carbocycles. The van der Waals surface area contributed by atoms with Crippen molar-refractivity contribution in [2.45, 2.75) is 279 Å². The van der Waals surface area contributed by atoms with Crippen molar-refractivity contribution in [2.75, 3.05) is 53.0 Å². The molecule has 16 rings (SSSR count). The molecule has 1 heterocycles. The van der Waals surface area contributed by atoms with Gasteiger partial charge in [0.1, 0.15) is 59.8 Å². The Morgan fingerprint density at radius 3 is 1.59 bits per heavy atom. The largest absolute Gasteiger partial charge is 0.482 e. The summed E-state index contributed by atoms with van der Waals surface area (Å²) in [6.45, 7) is 27.1. The highest BCUT2D eigenvalue weighted by atomic mass is 16.7. The highest BCUT2D eigenvalue weighted by molar-refractivity contribution is 5.96. The van der Waals surface area contributed by atoms with E-state index in [1.165, 1.54) is 91.8 Å². The van der Waals surface area contributed by atoms with E-state index in [1.807, 2.05) is 132 Å². The summed E-state index contributed by atoms with van der Waals surface area (Å²) in [6.07, 6.45) is 23.7. The molecule has 7 fully saturated rings. The Balaban J connectivity index is 0.000000158.